The van der Waals surface area contributed by atoms with Gasteiger partial charge >= 0.3 is 51.4 Å². The van der Waals surface area contributed by atoms with Crippen LogP contribution in [0, 0.1) is 0 Å². The average Bonchev–Trinajstić information content (AvgIpc) is 2.28. The fourth-order valence-corrected chi connectivity index (χ4v) is 1.23. The van der Waals surface area contributed by atoms with Crippen molar-refractivity contribution < 1.29 is 51.4 Å². The van der Waals surface area contributed by atoms with Crippen LogP contribution in [0.25, 0.3) is 16.8 Å². The van der Waals surface area contributed by atoms with Crippen molar-refractivity contribution in [2.24, 2.45) is 4.99 Å². The summed E-state index contributed by atoms with van der Waals surface area (Å²) in [5.41, 5.74) is 7.85. The Kier molecular flexibility index (Phi) is 5.61. The fourth-order valence-electron chi connectivity index (χ4n) is 1.23. The van der Waals surface area contributed by atoms with Crippen LogP contribution in [0.2, 0.25) is 0 Å². The van der Waals surface area contributed by atoms with Crippen LogP contribution in [0.4, 0.5) is 11.8 Å². The molecule has 2 aromatic rings. The third kappa shape index (κ3) is 3.69. The summed E-state index contributed by atoms with van der Waals surface area (Å²) in [6.07, 6.45) is 1.59. The SMILES string of the molecule is CC(=Nc1ccc2cnc([NH-])nc2n1)N(C)C.[K+]. The van der Waals surface area contributed by atoms with Gasteiger partial charge in [-0.25, -0.2) is 9.98 Å². The minimum atomic E-state index is -0.0320. The molecule has 6 nitrogen and oxygen atoms in total. The van der Waals surface area contributed by atoms with E-state index in [0.29, 0.717) is 11.5 Å². The van der Waals surface area contributed by atoms with E-state index in [2.05, 4.69) is 19.9 Å². The van der Waals surface area contributed by atoms with Gasteiger partial charge in [0.1, 0.15) is 5.84 Å². The number of pyridine rings is 1. The van der Waals surface area contributed by atoms with Gasteiger partial charge in [0.2, 0.25) is 0 Å². The molecule has 0 aliphatic carbocycles. The molecule has 88 valence electrons. The summed E-state index contributed by atoms with van der Waals surface area (Å²) in [7, 11) is 3.84. The Bertz CT molecular complexity index is 581. The average molecular weight is 268 g/mol. The number of hydrogen-bond donors (Lipinski definition) is 0. The van der Waals surface area contributed by atoms with Crippen molar-refractivity contribution in [2.75, 3.05) is 14.1 Å². The topological polar surface area (TPSA) is 78.1 Å². The van der Waals surface area contributed by atoms with Crippen molar-refractivity contribution in [1.29, 1.82) is 0 Å². The Morgan fingerprint density at radius 1 is 1.28 bits per heavy atom. The first-order valence-corrected chi connectivity index (χ1v) is 5.14. The predicted molar refractivity (Wildman–Crippen MR) is 67.8 cm³/mol. The molecule has 2 heterocycles. The molecule has 1 N–H and O–H groups in total. The maximum Gasteiger partial charge on any atom is 1.00 e. The zero-order valence-corrected chi connectivity index (χ0v) is 14.1. The molecule has 2 rings (SSSR count). The van der Waals surface area contributed by atoms with Crippen LogP contribution in [0.15, 0.2) is 23.3 Å². The van der Waals surface area contributed by atoms with Gasteiger partial charge in [0, 0.05) is 25.4 Å². The smallest absolute Gasteiger partial charge is 0.410 e. The van der Waals surface area contributed by atoms with Gasteiger partial charge in [0.15, 0.2) is 5.82 Å². The van der Waals surface area contributed by atoms with E-state index in [-0.39, 0.29) is 57.3 Å². The first-order chi connectivity index (χ1) is 8.06. The molecule has 0 saturated carbocycles. The van der Waals surface area contributed by atoms with Crippen LogP contribution in [0.3, 0.4) is 0 Å². The Balaban J connectivity index is 0.00000162. The maximum absolute atomic E-state index is 7.35. The summed E-state index contributed by atoms with van der Waals surface area (Å²) in [4.78, 5) is 18.3. The second-order valence-corrected chi connectivity index (χ2v) is 3.83. The van der Waals surface area contributed by atoms with Crippen molar-refractivity contribution >= 4 is 28.6 Å². The number of nitrogens with one attached hydrogen (secondary N) is 1. The van der Waals surface area contributed by atoms with Gasteiger partial charge in [-0.15, -0.1) is 0 Å². The summed E-state index contributed by atoms with van der Waals surface area (Å²) < 4.78 is 0. The zero-order valence-electron chi connectivity index (χ0n) is 11.0. The van der Waals surface area contributed by atoms with Crippen LogP contribution in [0.5, 0.6) is 0 Å². The third-order valence-corrected chi connectivity index (χ3v) is 2.35. The molecule has 0 aliphatic rings. The normalized spacial score (nSPS) is 11.2. The number of nitrogens with zero attached hydrogens (tertiary/aromatic N) is 5. The van der Waals surface area contributed by atoms with Gasteiger partial charge in [-0.3, -0.25) is 0 Å². The molecule has 0 saturated heterocycles. The predicted octanol–water partition coefficient (Wildman–Crippen LogP) is -0.676. The Hall–Kier alpha value is -0.604. The molecule has 0 amide bonds. The van der Waals surface area contributed by atoms with Gasteiger partial charge in [-0.2, -0.15) is 0 Å². The molecule has 0 fully saturated rings. The number of fused-ring (bicyclic) bond motifs is 1. The number of aliphatic imine (C=N–C) groups is 1. The van der Waals surface area contributed by atoms with Crippen LogP contribution in [-0.2, 0) is 0 Å². The van der Waals surface area contributed by atoms with E-state index in [1.54, 1.807) is 6.20 Å². The number of rotatable bonds is 1. The van der Waals surface area contributed by atoms with Crippen molar-refractivity contribution in [3.63, 3.8) is 0 Å². The third-order valence-electron chi connectivity index (χ3n) is 2.35. The summed E-state index contributed by atoms with van der Waals surface area (Å²) in [5, 5.41) is 0.808. The second-order valence-electron chi connectivity index (χ2n) is 3.83. The molecule has 0 unspecified atom stereocenters. The van der Waals surface area contributed by atoms with E-state index in [4.69, 9.17) is 5.73 Å². The minimum absolute atomic E-state index is 0. The Morgan fingerprint density at radius 2 is 2.00 bits per heavy atom. The monoisotopic (exact) mass is 268 g/mol. The van der Waals surface area contributed by atoms with Gasteiger partial charge < -0.3 is 20.6 Å². The Labute approximate surface area is 148 Å². The van der Waals surface area contributed by atoms with Crippen LogP contribution in [-0.4, -0.2) is 39.8 Å². The van der Waals surface area contributed by atoms with Gasteiger partial charge in [0.05, 0.1) is 5.65 Å². The first-order valence-electron chi connectivity index (χ1n) is 5.14. The molecule has 0 aromatic carbocycles. The maximum atomic E-state index is 7.35. The molecule has 0 aliphatic heterocycles. The number of amidine groups is 1. The first kappa shape index (κ1) is 15.5. The summed E-state index contributed by atoms with van der Waals surface area (Å²) in [6.45, 7) is 1.90. The van der Waals surface area contributed by atoms with Crippen LogP contribution >= 0.6 is 0 Å². The van der Waals surface area contributed by atoms with E-state index in [0.717, 1.165) is 11.2 Å². The molecule has 0 radical (unpaired) electrons. The zero-order chi connectivity index (χ0) is 12.4. The summed E-state index contributed by atoms with van der Waals surface area (Å²) >= 11 is 0. The van der Waals surface area contributed by atoms with Gasteiger partial charge in [-0.1, -0.05) is 0 Å². The van der Waals surface area contributed by atoms with Crippen LogP contribution in [0.1, 0.15) is 6.92 Å². The Morgan fingerprint density at radius 3 is 2.67 bits per heavy atom. The van der Waals surface area contributed by atoms with E-state index in [1.165, 1.54) is 0 Å². The van der Waals surface area contributed by atoms with E-state index in [1.807, 2.05) is 38.1 Å². The molecule has 18 heavy (non-hydrogen) atoms. The quantitative estimate of drug-likeness (QED) is 0.390. The largest absolute Gasteiger partial charge is 1.00 e. The summed E-state index contributed by atoms with van der Waals surface area (Å²) in [6, 6.07) is 3.66. The van der Waals surface area contributed by atoms with E-state index < -0.39 is 0 Å². The number of aromatic nitrogens is 3. The molecule has 0 spiro atoms. The minimum Gasteiger partial charge on any atom is -0.410 e. The molecule has 2 aromatic heterocycles. The molecule has 0 atom stereocenters. The fraction of sp³-hybridized carbons (Fsp3) is 0.273. The standard InChI is InChI=1S/C11H13N6.K/c1-7(17(2)3)14-9-5-4-8-6-13-11(12)16-10(8)15-9;/h4-6H,1-3H3,(H-,12,13,15,16);/q-1;+1. The van der Waals surface area contributed by atoms with Crippen LogP contribution < -0.4 is 51.4 Å². The van der Waals surface area contributed by atoms with Crippen molar-refractivity contribution in [2.45, 2.75) is 6.92 Å². The second kappa shape index (κ2) is 6.53. The van der Waals surface area contributed by atoms with E-state index in [9.17, 15) is 0 Å². The van der Waals surface area contributed by atoms with Gasteiger partial charge in [0.25, 0.3) is 0 Å². The molecular formula is C11H13KN6. The van der Waals surface area contributed by atoms with Gasteiger partial charge in [-0.05, 0) is 25.3 Å². The van der Waals surface area contributed by atoms with Crippen molar-refractivity contribution in [3.05, 3.63) is 24.1 Å². The van der Waals surface area contributed by atoms with E-state index >= 15 is 0 Å². The van der Waals surface area contributed by atoms with Crippen molar-refractivity contribution in [1.82, 2.24) is 19.9 Å². The molecule has 7 heteroatoms. The summed E-state index contributed by atoms with van der Waals surface area (Å²) in [5.74, 6) is 1.41. The van der Waals surface area contributed by atoms with Crippen molar-refractivity contribution in [3.8, 4) is 0 Å². The molecular weight excluding hydrogens is 255 g/mol. The number of hydrogen-bond acceptors (Lipinski definition) is 4. The molecule has 0 bridgehead atoms.